The summed E-state index contributed by atoms with van der Waals surface area (Å²) in [7, 11) is 1.98. The number of nitrogens with one attached hydrogen (secondary N) is 1. The number of nitrogens with zero attached hydrogens (tertiary/aromatic N) is 1. The Bertz CT molecular complexity index is 529. The minimum Gasteiger partial charge on any atom is -0.316 e. The maximum absolute atomic E-state index is 4.55. The molecule has 0 spiro atoms. The molecule has 0 amide bonds. The zero-order valence-electron chi connectivity index (χ0n) is 12.0. The Morgan fingerprint density at radius 3 is 2.53 bits per heavy atom. The average Bonchev–Trinajstić information content (AvgIpc) is 2.44. The summed E-state index contributed by atoms with van der Waals surface area (Å²) in [6.45, 7) is 5.23. The van der Waals surface area contributed by atoms with E-state index in [1.807, 2.05) is 13.2 Å². The predicted molar refractivity (Wildman–Crippen MR) is 80.4 cm³/mol. The molecule has 0 bridgehead atoms. The number of rotatable bonds is 5. The van der Waals surface area contributed by atoms with Crippen molar-refractivity contribution in [2.24, 2.45) is 0 Å². The van der Waals surface area contributed by atoms with Gasteiger partial charge in [0, 0.05) is 24.9 Å². The Morgan fingerprint density at radius 1 is 1.11 bits per heavy atom. The summed E-state index contributed by atoms with van der Waals surface area (Å²) in [6, 6.07) is 11.0. The van der Waals surface area contributed by atoms with Crippen LogP contribution < -0.4 is 5.32 Å². The summed E-state index contributed by atoms with van der Waals surface area (Å²) >= 11 is 0. The van der Waals surface area contributed by atoms with Crippen LogP contribution in [0.2, 0.25) is 0 Å². The van der Waals surface area contributed by atoms with Crippen LogP contribution in [0.1, 0.15) is 34.9 Å². The van der Waals surface area contributed by atoms with Gasteiger partial charge in [-0.25, -0.2) is 0 Å². The van der Waals surface area contributed by atoms with Crippen molar-refractivity contribution in [1.29, 1.82) is 0 Å². The van der Waals surface area contributed by atoms with Crippen LogP contribution in [-0.4, -0.2) is 12.0 Å². The van der Waals surface area contributed by atoms with E-state index in [1.165, 1.54) is 22.3 Å². The summed E-state index contributed by atoms with van der Waals surface area (Å²) in [4.78, 5) is 4.55. The molecule has 0 fully saturated rings. The van der Waals surface area contributed by atoms with Crippen LogP contribution in [0.3, 0.4) is 0 Å². The van der Waals surface area contributed by atoms with Gasteiger partial charge in [-0.1, -0.05) is 31.2 Å². The molecule has 0 aliphatic rings. The molecule has 1 aromatic carbocycles. The third-order valence-electron chi connectivity index (χ3n) is 3.46. The molecule has 0 saturated heterocycles. The van der Waals surface area contributed by atoms with E-state index in [2.05, 4.69) is 54.5 Å². The van der Waals surface area contributed by atoms with Gasteiger partial charge in [-0.2, -0.15) is 0 Å². The first-order chi connectivity index (χ1) is 9.22. The minimum atomic E-state index is 0.910. The highest BCUT2D eigenvalue weighted by molar-refractivity contribution is 5.34. The number of benzene rings is 1. The molecule has 1 heterocycles. The fourth-order valence-corrected chi connectivity index (χ4v) is 2.19. The second-order valence-corrected chi connectivity index (χ2v) is 4.98. The van der Waals surface area contributed by atoms with Gasteiger partial charge in [0.1, 0.15) is 0 Å². The van der Waals surface area contributed by atoms with Crippen molar-refractivity contribution >= 4 is 0 Å². The normalized spacial score (nSPS) is 10.7. The fourth-order valence-electron chi connectivity index (χ4n) is 2.19. The van der Waals surface area contributed by atoms with Gasteiger partial charge in [0.25, 0.3) is 0 Å². The molecule has 1 N–H and O–H groups in total. The van der Waals surface area contributed by atoms with Gasteiger partial charge in [-0.05, 0) is 48.7 Å². The molecule has 0 radical (unpaired) electrons. The molecule has 100 valence electrons. The van der Waals surface area contributed by atoms with Gasteiger partial charge < -0.3 is 5.32 Å². The molecular formula is C17H22N2. The highest BCUT2D eigenvalue weighted by atomic mass is 14.8. The first-order valence-electron chi connectivity index (χ1n) is 6.89. The quantitative estimate of drug-likeness (QED) is 0.886. The third kappa shape index (κ3) is 3.65. The largest absolute Gasteiger partial charge is 0.316 e. The molecule has 2 aromatic rings. The van der Waals surface area contributed by atoms with Crippen molar-refractivity contribution in [2.45, 2.75) is 33.2 Å². The van der Waals surface area contributed by atoms with Crippen LogP contribution in [0.4, 0.5) is 0 Å². The summed E-state index contributed by atoms with van der Waals surface area (Å²) in [5.74, 6) is 0. The van der Waals surface area contributed by atoms with Crippen molar-refractivity contribution in [3.63, 3.8) is 0 Å². The molecule has 0 aliphatic carbocycles. The van der Waals surface area contributed by atoms with Crippen molar-refractivity contribution in [2.75, 3.05) is 7.05 Å². The Kier molecular flexibility index (Phi) is 4.69. The van der Waals surface area contributed by atoms with E-state index in [4.69, 9.17) is 0 Å². The SMILES string of the molecule is CCc1ccc(Cc2cc(CNC)ccc2C)nc1. The monoisotopic (exact) mass is 254 g/mol. The molecule has 2 heteroatoms. The van der Waals surface area contributed by atoms with Crippen molar-refractivity contribution in [1.82, 2.24) is 10.3 Å². The smallest absolute Gasteiger partial charge is 0.0447 e. The maximum atomic E-state index is 4.55. The molecule has 0 aliphatic heterocycles. The van der Waals surface area contributed by atoms with Gasteiger partial charge in [-0.3, -0.25) is 4.98 Å². The van der Waals surface area contributed by atoms with Crippen LogP contribution in [0.15, 0.2) is 36.5 Å². The lowest BCUT2D eigenvalue weighted by Crippen LogP contribution is -2.06. The van der Waals surface area contributed by atoms with Crippen molar-refractivity contribution in [3.8, 4) is 0 Å². The van der Waals surface area contributed by atoms with E-state index in [-0.39, 0.29) is 0 Å². The lowest BCUT2D eigenvalue weighted by molar-refractivity contribution is 0.815. The Balaban J connectivity index is 2.18. The maximum Gasteiger partial charge on any atom is 0.0447 e. The number of hydrogen-bond acceptors (Lipinski definition) is 2. The topological polar surface area (TPSA) is 24.9 Å². The van der Waals surface area contributed by atoms with E-state index >= 15 is 0 Å². The van der Waals surface area contributed by atoms with E-state index < -0.39 is 0 Å². The molecular weight excluding hydrogens is 232 g/mol. The van der Waals surface area contributed by atoms with Gasteiger partial charge in [0.15, 0.2) is 0 Å². The van der Waals surface area contributed by atoms with E-state index in [0.29, 0.717) is 0 Å². The lowest BCUT2D eigenvalue weighted by Gasteiger charge is -2.09. The summed E-state index contributed by atoms with van der Waals surface area (Å²) < 4.78 is 0. The van der Waals surface area contributed by atoms with Gasteiger partial charge >= 0.3 is 0 Å². The van der Waals surface area contributed by atoms with Crippen molar-refractivity contribution < 1.29 is 0 Å². The van der Waals surface area contributed by atoms with Crippen LogP contribution in [0.25, 0.3) is 0 Å². The molecule has 0 atom stereocenters. The molecule has 2 nitrogen and oxygen atoms in total. The number of aromatic nitrogens is 1. The first kappa shape index (κ1) is 13.8. The van der Waals surface area contributed by atoms with Crippen LogP contribution >= 0.6 is 0 Å². The van der Waals surface area contributed by atoms with Crippen LogP contribution in [0.5, 0.6) is 0 Å². The molecule has 1 aromatic heterocycles. The average molecular weight is 254 g/mol. The summed E-state index contributed by atoms with van der Waals surface area (Å²) in [5.41, 5.74) is 6.46. The minimum absolute atomic E-state index is 0.910. The first-order valence-corrected chi connectivity index (χ1v) is 6.89. The van der Waals surface area contributed by atoms with E-state index in [1.54, 1.807) is 0 Å². The highest BCUT2D eigenvalue weighted by Crippen LogP contribution is 2.15. The number of hydrogen-bond donors (Lipinski definition) is 1. The third-order valence-corrected chi connectivity index (χ3v) is 3.46. The Morgan fingerprint density at radius 2 is 1.89 bits per heavy atom. The number of aryl methyl sites for hydroxylation is 2. The van der Waals surface area contributed by atoms with Gasteiger partial charge in [0.05, 0.1) is 0 Å². The molecule has 2 rings (SSSR count). The number of pyridine rings is 1. The molecule has 19 heavy (non-hydrogen) atoms. The second-order valence-electron chi connectivity index (χ2n) is 4.98. The summed E-state index contributed by atoms with van der Waals surface area (Å²) in [6.07, 6.45) is 3.94. The fraction of sp³-hybridized carbons (Fsp3) is 0.353. The highest BCUT2D eigenvalue weighted by Gasteiger charge is 2.03. The molecule has 0 unspecified atom stereocenters. The summed E-state index contributed by atoms with van der Waals surface area (Å²) in [5, 5.41) is 3.19. The Hall–Kier alpha value is -1.67. The standard InChI is InChI=1S/C17H22N2/c1-4-14-7-8-17(19-12-14)10-16-9-15(11-18-3)6-5-13(16)2/h5-9,12,18H,4,10-11H2,1-3H3. The Labute approximate surface area is 115 Å². The zero-order chi connectivity index (χ0) is 13.7. The van der Waals surface area contributed by atoms with Crippen LogP contribution in [-0.2, 0) is 19.4 Å². The molecule has 0 saturated carbocycles. The lowest BCUT2D eigenvalue weighted by atomic mass is 10.0. The van der Waals surface area contributed by atoms with E-state index in [0.717, 1.165) is 25.1 Å². The van der Waals surface area contributed by atoms with Gasteiger partial charge in [0.2, 0.25) is 0 Å². The second kappa shape index (κ2) is 6.48. The van der Waals surface area contributed by atoms with E-state index in [9.17, 15) is 0 Å². The van der Waals surface area contributed by atoms with Gasteiger partial charge in [-0.15, -0.1) is 0 Å². The van der Waals surface area contributed by atoms with Crippen LogP contribution in [0, 0.1) is 6.92 Å². The zero-order valence-corrected chi connectivity index (χ0v) is 12.0. The predicted octanol–water partition coefficient (Wildman–Crippen LogP) is 3.26. The van der Waals surface area contributed by atoms with Crippen molar-refractivity contribution in [3.05, 3.63) is 64.5 Å².